The topological polar surface area (TPSA) is 105 Å². The highest BCUT2D eigenvalue weighted by molar-refractivity contribution is 5.96. The van der Waals surface area contributed by atoms with Gasteiger partial charge in [-0.2, -0.15) is 5.10 Å². The highest BCUT2D eigenvalue weighted by atomic mass is 16.1. The van der Waals surface area contributed by atoms with Crippen LogP contribution in [0.25, 0.3) is 11.0 Å². The smallest absolute Gasteiger partial charge is 0.225 e. The number of anilines is 3. The van der Waals surface area contributed by atoms with E-state index in [-0.39, 0.29) is 17.6 Å². The van der Waals surface area contributed by atoms with E-state index in [1.54, 1.807) is 10.9 Å². The summed E-state index contributed by atoms with van der Waals surface area (Å²) >= 11 is 0. The molecule has 4 aromatic rings. The van der Waals surface area contributed by atoms with E-state index in [2.05, 4.69) is 65.1 Å². The van der Waals surface area contributed by atoms with Crippen LogP contribution in [0.4, 0.5) is 17.5 Å². The van der Waals surface area contributed by atoms with Gasteiger partial charge in [0, 0.05) is 38.2 Å². The van der Waals surface area contributed by atoms with E-state index in [1.165, 1.54) is 6.33 Å². The Kier molecular flexibility index (Phi) is 8.25. The molecule has 0 radical (unpaired) electrons. The number of nitrogens with zero attached hydrogens (tertiary/aromatic N) is 8. The second-order valence-corrected chi connectivity index (χ2v) is 11.4. The fourth-order valence-electron chi connectivity index (χ4n) is 4.26. The number of carbonyl (C=O) groups excluding carboxylic acids is 1. The lowest BCUT2D eigenvalue weighted by Crippen LogP contribution is -2.24. The Balaban J connectivity index is 1.56. The number of Topliss-reactive ketones (excluding diaryl/α,β-unsaturated/α-hetero) is 1. The fourth-order valence-corrected chi connectivity index (χ4v) is 4.26. The zero-order valence-corrected chi connectivity index (χ0v) is 24.3. The maximum atomic E-state index is 13.2. The molecule has 0 aliphatic heterocycles. The monoisotopic (exact) mass is 529 g/mol. The third-order valence-electron chi connectivity index (χ3n) is 6.66. The lowest BCUT2D eigenvalue weighted by Gasteiger charge is -2.19. The normalized spacial score (nSPS) is 11.8. The standard InChI is InChI=1S/C29H39N9O/c1-19-10-11-20(15-24(39)23-16-25(29(2,3)4)35-38(23)8)14-21(19)33-27-26-22(31-18-32-27)17-30-28(34-26)37(7)13-9-12-36(5)6/h10-11,14,16-18H,9,12-13,15H2,1-8H3,(H,31,32,33). The number of benzene rings is 1. The van der Waals surface area contributed by atoms with Crippen LogP contribution in [0.5, 0.6) is 0 Å². The van der Waals surface area contributed by atoms with Crippen molar-refractivity contribution in [3.8, 4) is 0 Å². The summed E-state index contributed by atoms with van der Waals surface area (Å²) in [6, 6.07) is 7.90. The van der Waals surface area contributed by atoms with Gasteiger partial charge in [0.15, 0.2) is 11.6 Å². The molecule has 0 aliphatic carbocycles. The minimum Gasteiger partial charge on any atom is -0.344 e. The van der Waals surface area contributed by atoms with Gasteiger partial charge in [-0.3, -0.25) is 9.48 Å². The number of aryl methyl sites for hydroxylation is 2. The van der Waals surface area contributed by atoms with Gasteiger partial charge in [0.25, 0.3) is 0 Å². The van der Waals surface area contributed by atoms with E-state index in [9.17, 15) is 4.79 Å². The molecule has 0 unspecified atom stereocenters. The SMILES string of the molecule is Cc1ccc(CC(=O)c2cc(C(C)(C)C)nn2C)cc1Nc1ncnc2cnc(N(C)CCCN(C)C)nc12. The van der Waals surface area contributed by atoms with Gasteiger partial charge in [0.2, 0.25) is 5.95 Å². The van der Waals surface area contributed by atoms with Gasteiger partial charge in [-0.15, -0.1) is 0 Å². The van der Waals surface area contributed by atoms with E-state index < -0.39 is 0 Å². The molecule has 10 heteroatoms. The molecule has 0 fully saturated rings. The number of hydrogen-bond donors (Lipinski definition) is 1. The van der Waals surface area contributed by atoms with Crippen LogP contribution in [0, 0.1) is 6.92 Å². The van der Waals surface area contributed by atoms with Crippen LogP contribution in [0.2, 0.25) is 0 Å². The lowest BCUT2D eigenvalue weighted by atomic mass is 9.92. The average Bonchev–Trinajstić information content (AvgIpc) is 3.28. The quantitative estimate of drug-likeness (QED) is 0.301. The Morgan fingerprint density at radius 3 is 2.51 bits per heavy atom. The van der Waals surface area contributed by atoms with Crippen LogP contribution in [0.15, 0.2) is 36.8 Å². The molecule has 4 rings (SSSR count). The lowest BCUT2D eigenvalue weighted by molar-refractivity contribution is 0.0984. The van der Waals surface area contributed by atoms with Crippen molar-refractivity contribution < 1.29 is 4.79 Å². The zero-order chi connectivity index (χ0) is 28.3. The molecule has 10 nitrogen and oxygen atoms in total. The molecule has 0 saturated heterocycles. The number of nitrogens with one attached hydrogen (secondary N) is 1. The van der Waals surface area contributed by atoms with Gasteiger partial charge in [0.05, 0.1) is 11.9 Å². The van der Waals surface area contributed by atoms with Crippen LogP contribution >= 0.6 is 0 Å². The van der Waals surface area contributed by atoms with Gasteiger partial charge >= 0.3 is 0 Å². The van der Waals surface area contributed by atoms with Crippen LogP contribution in [0.3, 0.4) is 0 Å². The molecule has 206 valence electrons. The molecule has 0 atom stereocenters. The number of carbonyl (C=O) groups is 1. The summed E-state index contributed by atoms with van der Waals surface area (Å²) in [5.74, 6) is 1.25. The zero-order valence-electron chi connectivity index (χ0n) is 24.3. The Hall–Kier alpha value is -3.92. The van der Waals surface area contributed by atoms with Gasteiger partial charge in [-0.05, 0) is 57.2 Å². The van der Waals surface area contributed by atoms with Crippen LogP contribution in [-0.2, 0) is 18.9 Å². The molecule has 1 aromatic carbocycles. The number of rotatable bonds is 10. The third kappa shape index (κ3) is 6.75. The van der Waals surface area contributed by atoms with Crippen LogP contribution < -0.4 is 10.2 Å². The van der Waals surface area contributed by atoms with Crippen LogP contribution in [0.1, 0.15) is 54.5 Å². The number of aromatic nitrogens is 6. The molecule has 0 spiro atoms. The summed E-state index contributed by atoms with van der Waals surface area (Å²) in [6.07, 6.45) is 4.51. The molecule has 0 amide bonds. The molecule has 3 heterocycles. The molecule has 3 aromatic heterocycles. The molecule has 1 N–H and O–H groups in total. The first-order chi connectivity index (χ1) is 18.4. The summed E-state index contributed by atoms with van der Waals surface area (Å²) in [6.45, 7) is 10.1. The Labute approximate surface area is 230 Å². The van der Waals surface area contributed by atoms with Gasteiger partial charge in [-0.25, -0.2) is 19.9 Å². The highest BCUT2D eigenvalue weighted by Crippen LogP contribution is 2.27. The summed E-state index contributed by atoms with van der Waals surface area (Å²) in [5, 5.41) is 7.99. The molecule has 39 heavy (non-hydrogen) atoms. The Bertz CT molecular complexity index is 1470. The summed E-state index contributed by atoms with van der Waals surface area (Å²) in [4.78, 5) is 35.5. The molecule has 0 bridgehead atoms. The molecule has 0 saturated carbocycles. The third-order valence-corrected chi connectivity index (χ3v) is 6.66. The van der Waals surface area contributed by atoms with E-state index in [0.29, 0.717) is 28.5 Å². The van der Waals surface area contributed by atoms with Crippen molar-refractivity contribution in [2.24, 2.45) is 7.05 Å². The second kappa shape index (κ2) is 11.4. The number of ketones is 1. The first kappa shape index (κ1) is 28.1. The number of fused-ring (bicyclic) bond motifs is 1. The second-order valence-electron chi connectivity index (χ2n) is 11.4. The average molecular weight is 530 g/mol. The number of hydrogen-bond acceptors (Lipinski definition) is 9. The Morgan fingerprint density at radius 1 is 1.05 bits per heavy atom. The molecular weight excluding hydrogens is 490 g/mol. The molecular formula is C29H39N9O. The maximum Gasteiger partial charge on any atom is 0.225 e. The van der Waals surface area contributed by atoms with Crippen molar-refractivity contribution in [2.45, 2.75) is 46.0 Å². The first-order valence-electron chi connectivity index (χ1n) is 13.2. The van der Waals surface area contributed by atoms with Gasteiger partial charge in [-0.1, -0.05) is 32.9 Å². The van der Waals surface area contributed by atoms with Crippen molar-refractivity contribution in [1.29, 1.82) is 0 Å². The van der Waals surface area contributed by atoms with Crippen LogP contribution in [-0.4, -0.2) is 74.6 Å². The fraction of sp³-hybridized carbons (Fsp3) is 0.448. The van der Waals surface area contributed by atoms with Gasteiger partial charge in [0.1, 0.15) is 23.1 Å². The summed E-state index contributed by atoms with van der Waals surface area (Å²) < 4.78 is 1.68. The van der Waals surface area contributed by atoms with E-state index >= 15 is 0 Å². The summed E-state index contributed by atoms with van der Waals surface area (Å²) in [5.41, 5.74) is 5.49. The highest BCUT2D eigenvalue weighted by Gasteiger charge is 2.22. The minimum absolute atomic E-state index is 0.0254. The van der Waals surface area contributed by atoms with Crippen molar-refractivity contribution in [3.63, 3.8) is 0 Å². The maximum absolute atomic E-state index is 13.2. The van der Waals surface area contributed by atoms with Gasteiger partial charge < -0.3 is 15.1 Å². The predicted octanol–water partition coefficient (Wildman–Crippen LogP) is 4.32. The van der Waals surface area contributed by atoms with E-state index in [4.69, 9.17) is 4.98 Å². The summed E-state index contributed by atoms with van der Waals surface area (Å²) in [7, 11) is 7.94. The molecule has 0 aliphatic rings. The van der Waals surface area contributed by atoms with E-state index in [1.807, 2.05) is 50.2 Å². The first-order valence-corrected chi connectivity index (χ1v) is 13.2. The van der Waals surface area contributed by atoms with Crippen molar-refractivity contribution in [1.82, 2.24) is 34.6 Å². The largest absolute Gasteiger partial charge is 0.344 e. The van der Waals surface area contributed by atoms with Crippen molar-refractivity contribution >= 4 is 34.3 Å². The van der Waals surface area contributed by atoms with E-state index in [0.717, 1.165) is 42.0 Å². The Morgan fingerprint density at radius 2 is 1.82 bits per heavy atom. The van der Waals surface area contributed by atoms with Crippen molar-refractivity contribution in [3.05, 3.63) is 59.3 Å². The minimum atomic E-state index is -0.123. The predicted molar refractivity (Wildman–Crippen MR) is 156 cm³/mol. The van der Waals surface area contributed by atoms with Crippen molar-refractivity contribution in [2.75, 3.05) is 44.4 Å².